The quantitative estimate of drug-likeness (QED) is 0.897. The third-order valence-corrected chi connectivity index (χ3v) is 3.24. The van der Waals surface area contributed by atoms with Crippen LogP contribution in [0.1, 0.15) is 30.0 Å². The normalized spacial score (nSPS) is 12.7. The third-order valence-electron chi connectivity index (χ3n) is 3.24. The van der Waals surface area contributed by atoms with Crippen molar-refractivity contribution in [1.29, 1.82) is 0 Å². The Bertz CT molecular complexity index is 528. The molecule has 1 heterocycles. The first-order valence-corrected chi connectivity index (χ1v) is 6.47. The average molecular weight is 243 g/mol. The summed E-state index contributed by atoms with van der Waals surface area (Å²) in [5, 5.41) is 4.35. The smallest absolute Gasteiger partial charge is 0.0674 e. The number of nitrogens with zero attached hydrogens (tertiary/aromatic N) is 2. The SMILES string of the molecule is CCC(N)Cc1ccc(-n2cc(C)cn2)c(C)c1. The Morgan fingerprint density at radius 3 is 2.67 bits per heavy atom. The summed E-state index contributed by atoms with van der Waals surface area (Å²) < 4.78 is 1.92. The van der Waals surface area contributed by atoms with E-state index >= 15 is 0 Å². The molecule has 2 N–H and O–H groups in total. The fraction of sp³-hybridized carbons (Fsp3) is 0.400. The molecule has 18 heavy (non-hydrogen) atoms. The molecular formula is C15H21N3. The lowest BCUT2D eigenvalue weighted by molar-refractivity contribution is 0.646. The van der Waals surface area contributed by atoms with E-state index in [9.17, 15) is 0 Å². The molecule has 3 heteroatoms. The lowest BCUT2D eigenvalue weighted by Crippen LogP contribution is -2.21. The maximum Gasteiger partial charge on any atom is 0.0674 e. The van der Waals surface area contributed by atoms with Gasteiger partial charge in [0.2, 0.25) is 0 Å². The van der Waals surface area contributed by atoms with Gasteiger partial charge in [-0.25, -0.2) is 4.68 Å². The van der Waals surface area contributed by atoms with E-state index in [-0.39, 0.29) is 6.04 Å². The molecule has 0 amide bonds. The highest BCUT2D eigenvalue weighted by atomic mass is 15.3. The highest BCUT2D eigenvalue weighted by Gasteiger charge is 2.06. The second-order valence-electron chi connectivity index (χ2n) is 4.96. The molecule has 1 aromatic heterocycles. The van der Waals surface area contributed by atoms with Gasteiger partial charge in [0, 0.05) is 12.2 Å². The standard InChI is InChI=1S/C15H21N3/c1-4-14(16)8-13-5-6-15(12(3)7-13)18-10-11(2)9-17-18/h5-7,9-10,14H,4,8,16H2,1-3H3. The molecule has 2 aromatic rings. The third kappa shape index (κ3) is 2.79. The molecule has 2 rings (SSSR count). The van der Waals surface area contributed by atoms with Gasteiger partial charge < -0.3 is 5.73 Å². The summed E-state index contributed by atoms with van der Waals surface area (Å²) in [5.41, 5.74) is 10.8. The second-order valence-corrected chi connectivity index (χ2v) is 4.96. The van der Waals surface area contributed by atoms with Crippen LogP contribution in [0.25, 0.3) is 5.69 Å². The van der Waals surface area contributed by atoms with E-state index in [0.717, 1.165) is 18.5 Å². The fourth-order valence-corrected chi connectivity index (χ4v) is 2.09. The van der Waals surface area contributed by atoms with Gasteiger partial charge in [0.1, 0.15) is 0 Å². The summed E-state index contributed by atoms with van der Waals surface area (Å²) in [5.74, 6) is 0. The molecule has 1 aromatic carbocycles. The van der Waals surface area contributed by atoms with Crippen molar-refractivity contribution >= 4 is 0 Å². The highest BCUT2D eigenvalue weighted by Crippen LogP contribution is 2.17. The molecule has 1 unspecified atom stereocenters. The van der Waals surface area contributed by atoms with Gasteiger partial charge in [0.15, 0.2) is 0 Å². The largest absolute Gasteiger partial charge is 0.327 e. The highest BCUT2D eigenvalue weighted by molar-refractivity contribution is 5.42. The molecule has 0 saturated heterocycles. The first-order chi connectivity index (χ1) is 8.60. The molecule has 0 aliphatic carbocycles. The van der Waals surface area contributed by atoms with Crippen molar-refractivity contribution in [3.05, 3.63) is 47.3 Å². The van der Waals surface area contributed by atoms with Gasteiger partial charge in [-0.05, 0) is 49.4 Å². The van der Waals surface area contributed by atoms with E-state index in [1.807, 2.05) is 24.0 Å². The second kappa shape index (κ2) is 5.36. The van der Waals surface area contributed by atoms with Crippen molar-refractivity contribution in [1.82, 2.24) is 9.78 Å². The minimum Gasteiger partial charge on any atom is -0.327 e. The lowest BCUT2D eigenvalue weighted by Gasteiger charge is -2.11. The number of aryl methyl sites for hydroxylation is 2. The molecule has 0 saturated carbocycles. The van der Waals surface area contributed by atoms with Crippen molar-refractivity contribution in [2.24, 2.45) is 5.73 Å². The van der Waals surface area contributed by atoms with Crippen molar-refractivity contribution < 1.29 is 0 Å². The van der Waals surface area contributed by atoms with E-state index in [1.54, 1.807) is 0 Å². The first-order valence-electron chi connectivity index (χ1n) is 6.47. The summed E-state index contributed by atoms with van der Waals surface area (Å²) >= 11 is 0. The van der Waals surface area contributed by atoms with Crippen molar-refractivity contribution in [3.8, 4) is 5.69 Å². The Balaban J connectivity index is 2.25. The van der Waals surface area contributed by atoms with Crippen LogP contribution in [0.4, 0.5) is 0 Å². The Labute approximate surface area is 109 Å². The van der Waals surface area contributed by atoms with E-state index in [1.165, 1.54) is 16.7 Å². The molecule has 0 radical (unpaired) electrons. The Hall–Kier alpha value is -1.61. The number of nitrogens with two attached hydrogens (primary N) is 1. The molecule has 0 aliphatic rings. The van der Waals surface area contributed by atoms with Crippen LogP contribution in [-0.4, -0.2) is 15.8 Å². The van der Waals surface area contributed by atoms with Crippen LogP contribution >= 0.6 is 0 Å². The van der Waals surface area contributed by atoms with Crippen LogP contribution in [0.15, 0.2) is 30.6 Å². The Morgan fingerprint density at radius 2 is 2.11 bits per heavy atom. The maximum absolute atomic E-state index is 5.99. The number of rotatable bonds is 4. The number of aromatic nitrogens is 2. The monoisotopic (exact) mass is 243 g/mol. The zero-order valence-corrected chi connectivity index (χ0v) is 11.4. The van der Waals surface area contributed by atoms with Crippen molar-refractivity contribution in [2.75, 3.05) is 0 Å². The van der Waals surface area contributed by atoms with Crippen molar-refractivity contribution in [2.45, 2.75) is 39.7 Å². The summed E-state index contributed by atoms with van der Waals surface area (Å²) in [6.07, 6.45) is 5.87. The zero-order valence-electron chi connectivity index (χ0n) is 11.4. The Kier molecular flexibility index (Phi) is 3.82. The minimum absolute atomic E-state index is 0.252. The maximum atomic E-state index is 5.99. The predicted molar refractivity (Wildman–Crippen MR) is 75.0 cm³/mol. The van der Waals surface area contributed by atoms with Crippen LogP contribution in [0.2, 0.25) is 0 Å². The van der Waals surface area contributed by atoms with Crippen LogP contribution in [0.3, 0.4) is 0 Å². The molecule has 96 valence electrons. The lowest BCUT2D eigenvalue weighted by atomic mass is 10.0. The summed E-state index contributed by atoms with van der Waals surface area (Å²) in [7, 11) is 0. The zero-order chi connectivity index (χ0) is 13.1. The van der Waals surface area contributed by atoms with Crippen LogP contribution < -0.4 is 5.73 Å². The predicted octanol–water partition coefficient (Wildman–Crippen LogP) is 2.77. The van der Waals surface area contributed by atoms with Crippen LogP contribution in [-0.2, 0) is 6.42 Å². The molecule has 1 atom stereocenters. The van der Waals surface area contributed by atoms with Gasteiger partial charge in [-0.2, -0.15) is 5.10 Å². The van der Waals surface area contributed by atoms with Gasteiger partial charge in [-0.3, -0.25) is 0 Å². The van der Waals surface area contributed by atoms with Crippen molar-refractivity contribution in [3.63, 3.8) is 0 Å². The van der Waals surface area contributed by atoms with Crippen LogP contribution in [0.5, 0.6) is 0 Å². The number of hydrogen-bond donors (Lipinski definition) is 1. The number of hydrogen-bond acceptors (Lipinski definition) is 2. The van der Waals surface area contributed by atoms with Crippen LogP contribution in [0, 0.1) is 13.8 Å². The summed E-state index contributed by atoms with van der Waals surface area (Å²) in [4.78, 5) is 0. The first kappa shape index (κ1) is 12.8. The van der Waals surface area contributed by atoms with Gasteiger partial charge in [0.25, 0.3) is 0 Å². The van der Waals surface area contributed by atoms with Gasteiger partial charge in [-0.1, -0.05) is 19.1 Å². The van der Waals surface area contributed by atoms with Gasteiger partial charge in [-0.15, -0.1) is 0 Å². The molecule has 0 bridgehead atoms. The molecule has 0 aliphatic heterocycles. The fourth-order valence-electron chi connectivity index (χ4n) is 2.09. The van der Waals surface area contributed by atoms with Gasteiger partial charge >= 0.3 is 0 Å². The van der Waals surface area contributed by atoms with E-state index in [0.29, 0.717) is 0 Å². The molecular weight excluding hydrogens is 222 g/mol. The molecule has 3 nitrogen and oxygen atoms in total. The average Bonchev–Trinajstić information content (AvgIpc) is 2.75. The van der Waals surface area contributed by atoms with Gasteiger partial charge in [0.05, 0.1) is 11.9 Å². The molecule has 0 fully saturated rings. The van der Waals surface area contributed by atoms with E-state index in [2.05, 4.69) is 37.1 Å². The minimum atomic E-state index is 0.252. The molecule has 0 spiro atoms. The topological polar surface area (TPSA) is 43.8 Å². The Morgan fingerprint density at radius 1 is 1.33 bits per heavy atom. The number of benzene rings is 1. The van der Waals surface area contributed by atoms with E-state index in [4.69, 9.17) is 5.73 Å². The summed E-state index contributed by atoms with van der Waals surface area (Å²) in [6, 6.07) is 6.73. The van der Waals surface area contributed by atoms with E-state index < -0.39 is 0 Å². The summed E-state index contributed by atoms with van der Waals surface area (Å²) in [6.45, 7) is 6.29.